The molecule has 0 unspecified atom stereocenters. The van der Waals surface area contributed by atoms with Gasteiger partial charge in [-0.2, -0.15) is 5.10 Å². The Kier molecular flexibility index (Phi) is 6.95. The summed E-state index contributed by atoms with van der Waals surface area (Å²) in [4.78, 5) is 19.1. The minimum Gasteiger partial charge on any atom is -0.341 e. The first-order valence-electron chi connectivity index (χ1n) is 11.2. The van der Waals surface area contributed by atoms with Gasteiger partial charge in [-0.3, -0.25) is 14.5 Å². The van der Waals surface area contributed by atoms with Gasteiger partial charge in [0.05, 0.1) is 5.69 Å². The van der Waals surface area contributed by atoms with Crippen LogP contribution in [0.2, 0.25) is 0 Å². The topological polar surface area (TPSA) is 63.1 Å². The van der Waals surface area contributed by atoms with E-state index in [4.69, 9.17) is 5.10 Å². The highest BCUT2D eigenvalue weighted by Gasteiger charge is 2.24. The number of carbonyl (C=O) groups is 1. The third kappa shape index (κ3) is 5.59. The number of benzene rings is 1. The van der Waals surface area contributed by atoms with Gasteiger partial charge in [0.15, 0.2) is 0 Å². The molecule has 1 N–H and O–H groups in total. The highest BCUT2D eigenvalue weighted by Crippen LogP contribution is 2.21. The standard InChI is InChI=1S/C25H30FN5O/c1-18(2)28-22-9-13-30(14-10-22)25(32)17-31-23(15-19-3-5-21(26)6-4-19)16-24(29-31)20-7-11-27-12-8-20/h3-8,11-12,16,18,22,28H,9-10,13-15,17H2,1-2H3. The van der Waals surface area contributed by atoms with Gasteiger partial charge in [-0.05, 0) is 48.7 Å². The van der Waals surface area contributed by atoms with Crippen molar-refractivity contribution in [2.75, 3.05) is 13.1 Å². The lowest BCUT2D eigenvalue weighted by Gasteiger charge is -2.33. The average molecular weight is 436 g/mol. The number of nitrogens with one attached hydrogen (secondary N) is 1. The zero-order chi connectivity index (χ0) is 22.5. The molecule has 0 radical (unpaired) electrons. The van der Waals surface area contributed by atoms with Crippen LogP contribution in [0.3, 0.4) is 0 Å². The van der Waals surface area contributed by atoms with E-state index in [0.29, 0.717) is 18.5 Å². The third-order valence-corrected chi connectivity index (χ3v) is 5.84. The monoisotopic (exact) mass is 435 g/mol. The maximum Gasteiger partial charge on any atom is 0.244 e. The molecule has 1 saturated heterocycles. The first-order valence-corrected chi connectivity index (χ1v) is 11.2. The predicted molar refractivity (Wildman–Crippen MR) is 123 cm³/mol. The van der Waals surface area contributed by atoms with Gasteiger partial charge in [-0.25, -0.2) is 4.39 Å². The first kappa shape index (κ1) is 22.1. The largest absolute Gasteiger partial charge is 0.341 e. The zero-order valence-corrected chi connectivity index (χ0v) is 18.7. The van der Waals surface area contributed by atoms with Crippen LogP contribution in [0.5, 0.6) is 0 Å². The molecule has 3 aromatic rings. The van der Waals surface area contributed by atoms with E-state index in [1.54, 1.807) is 29.2 Å². The number of carbonyl (C=O) groups excluding carboxylic acids is 1. The second-order valence-electron chi connectivity index (χ2n) is 8.69. The molecule has 0 spiro atoms. The van der Waals surface area contributed by atoms with E-state index >= 15 is 0 Å². The molecule has 1 aliphatic rings. The van der Waals surface area contributed by atoms with Gasteiger partial charge in [0.2, 0.25) is 5.91 Å². The van der Waals surface area contributed by atoms with Crippen molar-refractivity contribution < 1.29 is 9.18 Å². The summed E-state index contributed by atoms with van der Waals surface area (Å²) >= 11 is 0. The van der Waals surface area contributed by atoms with E-state index in [0.717, 1.165) is 48.4 Å². The lowest BCUT2D eigenvalue weighted by atomic mass is 10.0. The second kappa shape index (κ2) is 10.0. The van der Waals surface area contributed by atoms with Crippen LogP contribution < -0.4 is 5.32 Å². The van der Waals surface area contributed by atoms with Crippen LogP contribution in [0.25, 0.3) is 11.3 Å². The number of hydrogen-bond donors (Lipinski definition) is 1. The van der Waals surface area contributed by atoms with Crippen molar-refractivity contribution in [2.24, 2.45) is 0 Å². The summed E-state index contributed by atoms with van der Waals surface area (Å²) in [5.74, 6) is -0.178. The van der Waals surface area contributed by atoms with Gasteiger partial charge in [0.1, 0.15) is 12.4 Å². The fraction of sp³-hybridized carbons (Fsp3) is 0.400. The van der Waals surface area contributed by atoms with Crippen molar-refractivity contribution in [3.63, 3.8) is 0 Å². The first-order chi connectivity index (χ1) is 15.5. The lowest BCUT2D eigenvalue weighted by molar-refractivity contribution is -0.133. The molecule has 1 aromatic carbocycles. The van der Waals surface area contributed by atoms with E-state index < -0.39 is 0 Å². The molecule has 1 fully saturated rings. The maximum atomic E-state index is 13.3. The number of halogens is 1. The van der Waals surface area contributed by atoms with E-state index in [9.17, 15) is 9.18 Å². The zero-order valence-electron chi connectivity index (χ0n) is 18.7. The maximum absolute atomic E-state index is 13.3. The summed E-state index contributed by atoms with van der Waals surface area (Å²) in [5, 5.41) is 8.30. The summed E-state index contributed by atoms with van der Waals surface area (Å²) in [6, 6.07) is 13.2. The molecule has 4 rings (SSSR count). The smallest absolute Gasteiger partial charge is 0.244 e. The average Bonchev–Trinajstić information content (AvgIpc) is 3.18. The predicted octanol–water partition coefficient (Wildman–Crippen LogP) is 3.66. The molecule has 2 aromatic heterocycles. The van der Waals surface area contributed by atoms with E-state index in [1.807, 2.05) is 23.1 Å². The van der Waals surface area contributed by atoms with Crippen molar-refractivity contribution in [1.29, 1.82) is 0 Å². The Bertz CT molecular complexity index is 1020. The molecule has 7 heteroatoms. The summed E-state index contributed by atoms with van der Waals surface area (Å²) in [6.07, 6.45) is 5.97. The van der Waals surface area contributed by atoms with Crippen LogP contribution in [0, 0.1) is 5.82 Å². The number of piperidine rings is 1. The Balaban J connectivity index is 1.50. The van der Waals surface area contributed by atoms with Crippen LogP contribution in [-0.2, 0) is 17.8 Å². The normalized spacial score (nSPS) is 14.8. The Hall–Kier alpha value is -3.06. The number of likely N-dealkylation sites (tertiary alicyclic amines) is 1. The molecule has 1 aliphatic heterocycles. The summed E-state index contributed by atoms with van der Waals surface area (Å²) < 4.78 is 15.1. The highest BCUT2D eigenvalue weighted by molar-refractivity contribution is 5.76. The number of nitrogens with zero attached hydrogens (tertiary/aromatic N) is 4. The minimum atomic E-state index is -0.259. The molecule has 0 saturated carbocycles. The van der Waals surface area contributed by atoms with Crippen LogP contribution >= 0.6 is 0 Å². The number of pyridine rings is 1. The molecule has 3 heterocycles. The molecular formula is C25H30FN5O. The molecule has 0 atom stereocenters. The fourth-order valence-corrected chi connectivity index (χ4v) is 4.20. The number of rotatable bonds is 7. The number of amides is 1. The Morgan fingerprint density at radius 1 is 1.12 bits per heavy atom. The van der Waals surface area contributed by atoms with Gasteiger partial charge in [0.25, 0.3) is 0 Å². The van der Waals surface area contributed by atoms with Crippen LogP contribution in [0.15, 0.2) is 54.9 Å². The van der Waals surface area contributed by atoms with E-state index in [1.165, 1.54) is 12.1 Å². The molecule has 32 heavy (non-hydrogen) atoms. The van der Waals surface area contributed by atoms with Gasteiger partial charge < -0.3 is 10.2 Å². The van der Waals surface area contributed by atoms with Gasteiger partial charge in [-0.15, -0.1) is 0 Å². The van der Waals surface area contributed by atoms with E-state index in [-0.39, 0.29) is 18.3 Å². The molecular weight excluding hydrogens is 405 g/mol. The molecule has 0 bridgehead atoms. The number of hydrogen-bond acceptors (Lipinski definition) is 4. The Morgan fingerprint density at radius 2 is 1.81 bits per heavy atom. The summed E-state index contributed by atoms with van der Waals surface area (Å²) in [6.45, 7) is 6.02. The van der Waals surface area contributed by atoms with Crippen molar-refractivity contribution in [3.05, 3.63) is 71.9 Å². The minimum absolute atomic E-state index is 0.0812. The number of aromatic nitrogens is 3. The van der Waals surface area contributed by atoms with Gasteiger partial charge >= 0.3 is 0 Å². The van der Waals surface area contributed by atoms with Crippen LogP contribution in [0.1, 0.15) is 37.9 Å². The lowest BCUT2D eigenvalue weighted by Crippen LogP contribution is -2.47. The summed E-state index contributed by atoms with van der Waals surface area (Å²) in [5.41, 5.74) is 3.65. The van der Waals surface area contributed by atoms with Crippen molar-refractivity contribution in [1.82, 2.24) is 25.0 Å². The Labute approximate surface area is 188 Å². The second-order valence-corrected chi connectivity index (χ2v) is 8.69. The quantitative estimate of drug-likeness (QED) is 0.615. The van der Waals surface area contributed by atoms with Gasteiger partial charge in [-0.1, -0.05) is 26.0 Å². The van der Waals surface area contributed by atoms with Gasteiger partial charge in [0, 0.05) is 55.2 Å². The summed E-state index contributed by atoms with van der Waals surface area (Å²) in [7, 11) is 0. The fourth-order valence-electron chi connectivity index (χ4n) is 4.20. The van der Waals surface area contributed by atoms with Crippen molar-refractivity contribution in [3.8, 4) is 11.3 Å². The van der Waals surface area contributed by atoms with Crippen LogP contribution in [0.4, 0.5) is 4.39 Å². The van der Waals surface area contributed by atoms with Crippen molar-refractivity contribution >= 4 is 5.91 Å². The molecule has 168 valence electrons. The molecule has 6 nitrogen and oxygen atoms in total. The Morgan fingerprint density at radius 3 is 2.47 bits per heavy atom. The molecule has 0 aliphatic carbocycles. The molecule has 1 amide bonds. The van der Waals surface area contributed by atoms with Crippen LogP contribution in [-0.4, -0.2) is 50.7 Å². The van der Waals surface area contributed by atoms with E-state index in [2.05, 4.69) is 24.1 Å². The third-order valence-electron chi connectivity index (χ3n) is 5.84. The highest BCUT2D eigenvalue weighted by atomic mass is 19.1. The van der Waals surface area contributed by atoms with Crippen molar-refractivity contribution in [2.45, 2.75) is 51.7 Å². The SMILES string of the molecule is CC(C)NC1CCN(C(=O)Cn2nc(-c3ccncc3)cc2Cc2ccc(F)cc2)CC1.